The predicted octanol–water partition coefficient (Wildman–Crippen LogP) is -0.855. The first-order valence-electron chi connectivity index (χ1n) is 4.13. The smallest absolute Gasteiger partial charge is 0.313 e. The predicted molar refractivity (Wildman–Crippen MR) is 54.4 cm³/mol. The van der Waals surface area contributed by atoms with E-state index in [1.165, 1.54) is 0 Å². The zero-order valence-electron chi connectivity index (χ0n) is 8.41. The van der Waals surface area contributed by atoms with Crippen LogP contribution in [-0.4, -0.2) is 50.9 Å². The molecule has 0 saturated carbocycles. The largest absolute Gasteiger partial charge is 0.481 e. The highest BCUT2D eigenvalue weighted by Crippen LogP contribution is 2.16. The van der Waals surface area contributed by atoms with Gasteiger partial charge in [-0.3, -0.25) is 4.79 Å². The van der Waals surface area contributed by atoms with Crippen LogP contribution >= 0.6 is 11.8 Å². The molecule has 0 aliphatic heterocycles. The van der Waals surface area contributed by atoms with E-state index in [0.29, 0.717) is 11.0 Å². The van der Waals surface area contributed by atoms with Crippen LogP contribution in [0.2, 0.25) is 0 Å². The van der Waals surface area contributed by atoms with Gasteiger partial charge in [-0.2, -0.15) is 0 Å². The fraction of sp³-hybridized carbons (Fsp3) is 0.571. The summed E-state index contributed by atoms with van der Waals surface area (Å²) >= 11 is 1.06. The summed E-state index contributed by atoms with van der Waals surface area (Å²) in [6.45, 7) is -0.237. The molecular formula is C7H12N4O3S. The van der Waals surface area contributed by atoms with Crippen LogP contribution in [0.1, 0.15) is 5.82 Å². The van der Waals surface area contributed by atoms with Crippen molar-refractivity contribution in [3.8, 4) is 0 Å². The molecule has 0 spiro atoms. The van der Waals surface area contributed by atoms with Gasteiger partial charge in [-0.1, -0.05) is 11.8 Å². The second-order valence-electron chi connectivity index (χ2n) is 2.90. The van der Waals surface area contributed by atoms with E-state index in [1.807, 2.05) is 0 Å². The molecule has 1 aromatic rings. The van der Waals surface area contributed by atoms with E-state index in [0.717, 1.165) is 11.8 Å². The average Bonchev–Trinajstić information content (AvgIpc) is 2.57. The van der Waals surface area contributed by atoms with Crippen molar-refractivity contribution in [2.45, 2.75) is 11.8 Å². The second-order valence-corrected chi connectivity index (χ2v) is 3.84. The Hall–Kier alpha value is -1.28. The van der Waals surface area contributed by atoms with Crippen molar-refractivity contribution >= 4 is 17.7 Å². The van der Waals surface area contributed by atoms with Crippen LogP contribution < -0.4 is 5.01 Å². The van der Waals surface area contributed by atoms with Gasteiger partial charge in [0.2, 0.25) is 5.16 Å². The molecule has 0 amide bonds. The van der Waals surface area contributed by atoms with E-state index in [9.17, 15) is 4.79 Å². The molecular weight excluding hydrogens is 220 g/mol. The Bertz CT molecular complexity index is 352. The van der Waals surface area contributed by atoms with Crippen LogP contribution in [0, 0.1) is 0 Å². The van der Waals surface area contributed by atoms with Gasteiger partial charge in [0.15, 0.2) is 5.82 Å². The maximum atomic E-state index is 10.4. The Morgan fingerprint density at radius 3 is 2.67 bits per heavy atom. The van der Waals surface area contributed by atoms with Gasteiger partial charge in [-0.15, -0.1) is 10.2 Å². The molecule has 7 nitrogen and oxygen atoms in total. The Kier molecular flexibility index (Phi) is 3.92. The van der Waals surface area contributed by atoms with E-state index >= 15 is 0 Å². The Balaban J connectivity index is 2.87. The fourth-order valence-electron chi connectivity index (χ4n) is 1.01. The summed E-state index contributed by atoms with van der Waals surface area (Å²) in [6, 6.07) is 0. The number of carboxylic acid groups (broad SMARTS) is 1. The van der Waals surface area contributed by atoms with Gasteiger partial charge in [0.05, 0.1) is 5.75 Å². The third-order valence-corrected chi connectivity index (χ3v) is 2.45. The minimum absolute atomic E-state index is 0.0859. The Morgan fingerprint density at radius 2 is 2.20 bits per heavy atom. The summed E-state index contributed by atoms with van der Waals surface area (Å²) in [5, 5.41) is 27.2. The summed E-state index contributed by atoms with van der Waals surface area (Å²) in [6.07, 6.45) is 0. The summed E-state index contributed by atoms with van der Waals surface area (Å²) in [5.74, 6) is -0.621. The van der Waals surface area contributed by atoms with Gasteiger partial charge in [0.25, 0.3) is 0 Å². The molecule has 0 fully saturated rings. The molecule has 0 atom stereocenters. The van der Waals surface area contributed by atoms with Crippen LogP contribution in [0.15, 0.2) is 5.16 Å². The number of thioether (sulfide) groups is 1. The van der Waals surface area contributed by atoms with E-state index < -0.39 is 5.97 Å². The highest BCUT2D eigenvalue weighted by molar-refractivity contribution is 7.99. The van der Waals surface area contributed by atoms with Crippen molar-refractivity contribution in [2.75, 3.05) is 24.9 Å². The SMILES string of the molecule is CN(C)n1c(CO)nnc1SCC(=O)O. The molecule has 84 valence electrons. The fourth-order valence-corrected chi connectivity index (χ4v) is 1.75. The summed E-state index contributed by atoms with van der Waals surface area (Å²) in [7, 11) is 3.51. The second kappa shape index (κ2) is 4.99. The standard InChI is InChI=1S/C7H12N4O3S/c1-10(2)11-5(3-12)8-9-7(11)15-4-6(13)14/h12H,3-4H2,1-2H3,(H,13,14). The Morgan fingerprint density at radius 1 is 1.53 bits per heavy atom. The Labute approximate surface area is 90.7 Å². The van der Waals surface area contributed by atoms with E-state index in [1.54, 1.807) is 23.8 Å². The average molecular weight is 232 g/mol. The number of nitrogens with zero attached hydrogens (tertiary/aromatic N) is 4. The third kappa shape index (κ3) is 2.83. The number of hydrogen-bond acceptors (Lipinski definition) is 6. The van der Waals surface area contributed by atoms with Crippen molar-refractivity contribution in [2.24, 2.45) is 0 Å². The van der Waals surface area contributed by atoms with Crippen molar-refractivity contribution in [1.29, 1.82) is 0 Å². The van der Waals surface area contributed by atoms with E-state index in [4.69, 9.17) is 10.2 Å². The van der Waals surface area contributed by atoms with Crippen molar-refractivity contribution in [1.82, 2.24) is 14.9 Å². The molecule has 2 N–H and O–H groups in total. The van der Waals surface area contributed by atoms with Crippen molar-refractivity contribution in [3.63, 3.8) is 0 Å². The number of aliphatic carboxylic acids is 1. The monoisotopic (exact) mass is 232 g/mol. The van der Waals surface area contributed by atoms with Gasteiger partial charge in [-0.05, 0) is 0 Å². The molecule has 0 aromatic carbocycles. The molecule has 0 aliphatic rings. The molecule has 0 aliphatic carbocycles. The third-order valence-electron chi connectivity index (χ3n) is 1.54. The van der Waals surface area contributed by atoms with Gasteiger partial charge < -0.3 is 15.2 Å². The summed E-state index contributed by atoms with van der Waals surface area (Å²) in [5.41, 5.74) is 0. The summed E-state index contributed by atoms with van der Waals surface area (Å²) < 4.78 is 1.56. The molecule has 8 heteroatoms. The van der Waals surface area contributed by atoms with Crippen molar-refractivity contribution < 1.29 is 15.0 Å². The zero-order chi connectivity index (χ0) is 11.4. The van der Waals surface area contributed by atoms with Crippen molar-refractivity contribution in [3.05, 3.63) is 5.82 Å². The van der Waals surface area contributed by atoms with Gasteiger partial charge >= 0.3 is 5.97 Å². The summed E-state index contributed by atoms with van der Waals surface area (Å²) in [4.78, 5) is 10.4. The topological polar surface area (TPSA) is 91.5 Å². The van der Waals surface area contributed by atoms with Gasteiger partial charge in [0, 0.05) is 14.1 Å². The quantitative estimate of drug-likeness (QED) is 0.638. The molecule has 1 rings (SSSR count). The number of rotatable bonds is 5. The van der Waals surface area contributed by atoms with E-state index in [2.05, 4.69) is 10.2 Å². The molecule has 0 unspecified atom stereocenters. The number of aromatic nitrogens is 3. The van der Waals surface area contributed by atoms with Crippen LogP contribution in [-0.2, 0) is 11.4 Å². The number of carbonyl (C=O) groups is 1. The number of carboxylic acids is 1. The number of aliphatic hydroxyl groups is 1. The van der Waals surface area contributed by atoms with Gasteiger partial charge in [-0.25, -0.2) is 4.68 Å². The first-order valence-corrected chi connectivity index (χ1v) is 5.12. The van der Waals surface area contributed by atoms with Gasteiger partial charge in [0.1, 0.15) is 6.61 Å². The maximum Gasteiger partial charge on any atom is 0.313 e. The lowest BCUT2D eigenvalue weighted by molar-refractivity contribution is -0.133. The normalized spacial score (nSPS) is 10.3. The zero-order valence-corrected chi connectivity index (χ0v) is 9.23. The minimum Gasteiger partial charge on any atom is -0.481 e. The van der Waals surface area contributed by atoms with Crippen LogP contribution in [0.25, 0.3) is 0 Å². The number of aliphatic hydroxyl groups excluding tert-OH is 1. The molecule has 1 aromatic heterocycles. The maximum absolute atomic E-state index is 10.4. The first kappa shape index (κ1) is 11.8. The minimum atomic E-state index is -0.918. The molecule has 1 heterocycles. The molecule has 0 saturated heterocycles. The molecule has 0 bridgehead atoms. The lowest BCUT2D eigenvalue weighted by Gasteiger charge is -2.17. The lowest BCUT2D eigenvalue weighted by atomic mass is 10.7. The van der Waals surface area contributed by atoms with Crippen LogP contribution in [0.3, 0.4) is 0 Å². The first-order chi connectivity index (χ1) is 7.06. The lowest BCUT2D eigenvalue weighted by Crippen LogP contribution is -2.28. The molecule has 15 heavy (non-hydrogen) atoms. The molecule has 0 radical (unpaired) electrons. The highest BCUT2D eigenvalue weighted by atomic mass is 32.2. The van der Waals surface area contributed by atoms with Crippen LogP contribution in [0.4, 0.5) is 0 Å². The van der Waals surface area contributed by atoms with Crippen LogP contribution in [0.5, 0.6) is 0 Å². The highest BCUT2D eigenvalue weighted by Gasteiger charge is 2.14. The van der Waals surface area contributed by atoms with E-state index in [-0.39, 0.29) is 12.4 Å². The number of hydrogen-bond donors (Lipinski definition) is 2.